The van der Waals surface area contributed by atoms with E-state index >= 15 is 0 Å². The second-order valence-electron chi connectivity index (χ2n) is 6.59. The summed E-state index contributed by atoms with van der Waals surface area (Å²) >= 11 is 0. The van der Waals surface area contributed by atoms with E-state index in [1.54, 1.807) is 0 Å². The van der Waals surface area contributed by atoms with Gasteiger partial charge < -0.3 is 9.73 Å². The Hall–Kier alpha value is -2.85. The molecule has 0 amide bonds. The molecule has 1 atom stereocenters. The zero-order chi connectivity index (χ0) is 16.6. The van der Waals surface area contributed by atoms with Gasteiger partial charge in [-0.1, -0.05) is 42.5 Å². The summed E-state index contributed by atoms with van der Waals surface area (Å²) in [6.07, 6.45) is 4.18. The number of para-hydroxylation sites is 1. The highest BCUT2D eigenvalue weighted by Crippen LogP contribution is 2.32. The van der Waals surface area contributed by atoms with Crippen molar-refractivity contribution in [1.29, 1.82) is 0 Å². The first-order chi connectivity index (χ1) is 12.4. The van der Waals surface area contributed by atoms with E-state index < -0.39 is 0 Å². The second-order valence-corrected chi connectivity index (χ2v) is 6.59. The molecular weight excluding hydrogens is 310 g/mol. The fourth-order valence-corrected chi connectivity index (χ4v) is 3.77. The van der Waals surface area contributed by atoms with Crippen molar-refractivity contribution in [3.63, 3.8) is 0 Å². The monoisotopic (exact) mass is 329 g/mol. The average molecular weight is 329 g/mol. The van der Waals surface area contributed by atoms with Crippen molar-refractivity contribution in [2.24, 2.45) is 0 Å². The molecule has 1 aliphatic carbocycles. The summed E-state index contributed by atoms with van der Waals surface area (Å²) < 4.78 is 5.98. The van der Waals surface area contributed by atoms with Crippen molar-refractivity contribution < 1.29 is 4.42 Å². The van der Waals surface area contributed by atoms with Crippen molar-refractivity contribution in [1.82, 2.24) is 15.5 Å². The number of fused-ring (bicyclic) bond motifs is 2. The highest BCUT2D eigenvalue weighted by molar-refractivity contribution is 5.82. The van der Waals surface area contributed by atoms with Gasteiger partial charge in [0, 0.05) is 23.5 Å². The summed E-state index contributed by atoms with van der Waals surface area (Å²) in [6.45, 7) is 0.766. The van der Waals surface area contributed by atoms with Gasteiger partial charge in [0.1, 0.15) is 11.3 Å². The largest absolute Gasteiger partial charge is 0.454 e. The molecule has 2 heterocycles. The summed E-state index contributed by atoms with van der Waals surface area (Å²) in [6, 6.07) is 19.2. The molecule has 1 unspecified atom stereocenters. The van der Waals surface area contributed by atoms with E-state index in [0.717, 1.165) is 47.4 Å². The maximum atomic E-state index is 5.98. The van der Waals surface area contributed by atoms with Gasteiger partial charge in [0.2, 0.25) is 0 Å². The van der Waals surface area contributed by atoms with Crippen LogP contribution in [0.25, 0.3) is 22.4 Å². The molecule has 0 saturated carbocycles. The van der Waals surface area contributed by atoms with Crippen LogP contribution in [0.4, 0.5) is 0 Å². The molecule has 4 heteroatoms. The molecule has 2 aromatic carbocycles. The summed E-state index contributed by atoms with van der Waals surface area (Å²) in [5, 5.41) is 12.1. The molecule has 4 nitrogen and oxygen atoms in total. The zero-order valence-electron chi connectivity index (χ0n) is 13.8. The Kier molecular flexibility index (Phi) is 3.42. The average Bonchev–Trinajstić information content (AvgIpc) is 3.37. The van der Waals surface area contributed by atoms with Gasteiger partial charge in [0.15, 0.2) is 5.76 Å². The number of hydrogen-bond acceptors (Lipinski definition) is 3. The minimum Gasteiger partial charge on any atom is -0.454 e. The van der Waals surface area contributed by atoms with E-state index in [1.165, 1.54) is 11.1 Å². The lowest BCUT2D eigenvalue weighted by Gasteiger charge is -2.13. The highest BCUT2D eigenvalue weighted by atomic mass is 16.3. The normalized spacial score (nSPS) is 16.4. The van der Waals surface area contributed by atoms with E-state index in [2.05, 4.69) is 51.9 Å². The first-order valence-corrected chi connectivity index (χ1v) is 8.71. The number of H-pyrrole nitrogens is 1. The minimum absolute atomic E-state index is 0.412. The Morgan fingerprint density at radius 3 is 2.96 bits per heavy atom. The van der Waals surface area contributed by atoms with Gasteiger partial charge in [-0.3, -0.25) is 5.10 Å². The summed E-state index contributed by atoms with van der Waals surface area (Å²) in [4.78, 5) is 0. The third kappa shape index (κ3) is 2.55. The van der Waals surface area contributed by atoms with Crippen molar-refractivity contribution in [3.05, 3.63) is 77.5 Å². The predicted octanol–water partition coefficient (Wildman–Crippen LogP) is 4.60. The summed E-state index contributed by atoms with van der Waals surface area (Å²) in [5.41, 5.74) is 5.87. The maximum Gasteiger partial charge on any atom is 0.153 e. The summed E-state index contributed by atoms with van der Waals surface area (Å²) in [7, 11) is 0. The SMILES string of the molecule is c1ccc2c(c1)CCC2NCc1cn[nH]c1-c1cc2ccccc2o1. The van der Waals surface area contributed by atoms with Crippen LogP contribution in [0.15, 0.2) is 65.2 Å². The molecule has 25 heavy (non-hydrogen) atoms. The Balaban J connectivity index is 1.39. The van der Waals surface area contributed by atoms with Crippen LogP contribution in [0, 0.1) is 0 Å². The van der Waals surface area contributed by atoms with Crippen molar-refractivity contribution >= 4 is 11.0 Å². The van der Waals surface area contributed by atoms with Crippen LogP contribution in [0.1, 0.15) is 29.2 Å². The van der Waals surface area contributed by atoms with Gasteiger partial charge in [0.05, 0.1) is 6.20 Å². The number of aromatic nitrogens is 2. The van der Waals surface area contributed by atoms with Crippen LogP contribution < -0.4 is 5.32 Å². The van der Waals surface area contributed by atoms with E-state index in [9.17, 15) is 0 Å². The van der Waals surface area contributed by atoms with Crippen molar-refractivity contribution in [3.8, 4) is 11.5 Å². The van der Waals surface area contributed by atoms with Gasteiger partial charge in [0.25, 0.3) is 0 Å². The molecule has 0 bridgehead atoms. The molecule has 5 rings (SSSR count). The standard InChI is InChI=1S/C21H19N3O/c1-3-7-17-14(5-1)9-10-18(17)22-12-16-13-23-24-21(16)20-11-15-6-2-4-8-19(15)25-20/h1-8,11,13,18,22H,9-10,12H2,(H,23,24). The van der Waals surface area contributed by atoms with Crippen LogP contribution in [-0.4, -0.2) is 10.2 Å². The Bertz CT molecular complexity index is 997. The molecule has 0 spiro atoms. The van der Waals surface area contributed by atoms with Gasteiger partial charge in [-0.15, -0.1) is 0 Å². The molecule has 0 saturated heterocycles. The molecule has 1 aliphatic rings. The first-order valence-electron chi connectivity index (χ1n) is 8.71. The van der Waals surface area contributed by atoms with Gasteiger partial charge in [-0.2, -0.15) is 5.10 Å². The number of hydrogen-bond donors (Lipinski definition) is 2. The van der Waals surface area contributed by atoms with Crippen LogP contribution in [-0.2, 0) is 13.0 Å². The highest BCUT2D eigenvalue weighted by Gasteiger charge is 2.22. The molecule has 0 aliphatic heterocycles. The third-order valence-corrected chi connectivity index (χ3v) is 5.06. The molecule has 2 N–H and O–H groups in total. The van der Waals surface area contributed by atoms with E-state index in [4.69, 9.17) is 4.42 Å². The second kappa shape index (κ2) is 5.90. The van der Waals surface area contributed by atoms with E-state index in [0.29, 0.717) is 6.04 Å². The predicted molar refractivity (Wildman–Crippen MR) is 98.1 cm³/mol. The number of nitrogens with zero attached hydrogens (tertiary/aromatic N) is 1. The fraction of sp³-hybridized carbons (Fsp3) is 0.190. The lowest BCUT2D eigenvalue weighted by atomic mass is 10.1. The molecule has 0 radical (unpaired) electrons. The van der Waals surface area contributed by atoms with Crippen LogP contribution in [0.5, 0.6) is 0 Å². The topological polar surface area (TPSA) is 53.9 Å². The van der Waals surface area contributed by atoms with Crippen molar-refractivity contribution in [2.75, 3.05) is 0 Å². The number of furan rings is 1. The van der Waals surface area contributed by atoms with Crippen LogP contribution >= 0.6 is 0 Å². The van der Waals surface area contributed by atoms with Gasteiger partial charge in [-0.25, -0.2) is 0 Å². The molecular formula is C21H19N3O. The molecule has 0 fully saturated rings. The van der Waals surface area contributed by atoms with Gasteiger partial charge in [-0.05, 0) is 36.1 Å². The van der Waals surface area contributed by atoms with E-state index in [1.807, 2.05) is 24.4 Å². The van der Waals surface area contributed by atoms with Crippen LogP contribution in [0.3, 0.4) is 0 Å². The first kappa shape index (κ1) is 14.5. The zero-order valence-corrected chi connectivity index (χ0v) is 13.8. The maximum absolute atomic E-state index is 5.98. The number of aryl methyl sites for hydroxylation is 1. The molecule has 124 valence electrons. The fourth-order valence-electron chi connectivity index (χ4n) is 3.77. The Labute approximate surface area is 145 Å². The lowest BCUT2D eigenvalue weighted by Crippen LogP contribution is -2.18. The Morgan fingerprint density at radius 2 is 2.00 bits per heavy atom. The number of aromatic amines is 1. The minimum atomic E-state index is 0.412. The number of rotatable bonds is 4. The Morgan fingerprint density at radius 1 is 1.12 bits per heavy atom. The third-order valence-electron chi connectivity index (χ3n) is 5.06. The summed E-state index contributed by atoms with van der Waals surface area (Å²) in [5.74, 6) is 0.835. The smallest absolute Gasteiger partial charge is 0.153 e. The molecule has 2 aromatic heterocycles. The van der Waals surface area contributed by atoms with Gasteiger partial charge >= 0.3 is 0 Å². The lowest BCUT2D eigenvalue weighted by molar-refractivity contribution is 0.530. The van der Waals surface area contributed by atoms with Crippen molar-refractivity contribution in [2.45, 2.75) is 25.4 Å². The number of nitrogens with one attached hydrogen (secondary N) is 2. The molecule has 4 aromatic rings. The quantitative estimate of drug-likeness (QED) is 0.575. The van der Waals surface area contributed by atoms with E-state index in [-0.39, 0.29) is 0 Å². The number of benzene rings is 2. The van der Waals surface area contributed by atoms with Crippen LogP contribution in [0.2, 0.25) is 0 Å².